The van der Waals surface area contributed by atoms with Crippen LogP contribution in [-0.2, 0) is 6.54 Å². The van der Waals surface area contributed by atoms with Gasteiger partial charge in [-0.15, -0.1) is 0 Å². The zero-order valence-corrected chi connectivity index (χ0v) is 14.0. The number of nitrogens with zero attached hydrogens (tertiary/aromatic N) is 1. The predicted octanol–water partition coefficient (Wildman–Crippen LogP) is 3.16. The van der Waals surface area contributed by atoms with Crippen molar-refractivity contribution in [3.8, 4) is 0 Å². The van der Waals surface area contributed by atoms with E-state index in [2.05, 4.69) is 58.2 Å². The monoisotopic (exact) mass is 340 g/mol. The summed E-state index contributed by atoms with van der Waals surface area (Å²) in [6.45, 7) is 8.12. The zero-order chi connectivity index (χ0) is 14.5. The van der Waals surface area contributed by atoms with Crippen LogP contribution in [0.3, 0.4) is 0 Å². The van der Waals surface area contributed by atoms with Crippen molar-refractivity contribution in [2.45, 2.75) is 39.3 Å². The first-order chi connectivity index (χ1) is 9.56. The number of aliphatic hydroxyl groups is 1. The van der Waals surface area contributed by atoms with Crippen molar-refractivity contribution in [2.24, 2.45) is 5.92 Å². The van der Waals surface area contributed by atoms with E-state index in [-0.39, 0.29) is 6.10 Å². The Kier molecular flexibility index (Phi) is 5.87. The molecule has 1 saturated heterocycles. The quantitative estimate of drug-likeness (QED) is 0.864. The number of nitrogens with one attached hydrogen (secondary N) is 1. The van der Waals surface area contributed by atoms with Gasteiger partial charge in [-0.25, -0.2) is 0 Å². The van der Waals surface area contributed by atoms with Gasteiger partial charge in [0.1, 0.15) is 0 Å². The smallest absolute Gasteiger partial charge is 0.0715 e. The molecule has 1 atom stereocenters. The van der Waals surface area contributed by atoms with E-state index in [4.69, 9.17) is 0 Å². The summed E-state index contributed by atoms with van der Waals surface area (Å²) in [7, 11) is 0. The van der Waals surface area contributed by atoms with Crippen molar-refractivity contribution in [3.05, 3.63) is 28.2 Å². The first-order valence-corrected chi connectivity index (χ1v) is 8.27. The summed E-state index contributed by atoms with van der Waals surface area (Å²) in [5.41, 5.74) is 2.55. The standard InChI is InChI=1S/C16H25BrN2O/c1-12(2)9-18-10-13-8-14(17)5-6-16(13)19-7-3-4-15(20)11-19/h5-6,8,12,15,18,20H,3-4,7,9-11H2,1-2H3. The van der Waals surface area contributed by atoms with Crippen LogP contribution in [-0.4, -0.2) is 30.8 Å². The third-order valence-corrected chi connectivity index (χ3v) is 4.14. The number of halogens is 1. The van der Waals surface area contributed by atoms with E-state index >= 15 is 0 Å². The second kappa shape index (κ2) is 7.43. The van der Waals surface area contributed by atoms with Crippen LogP contribution in [0.4, 0.5) is 5.69 Å². The first kappa shape index (κ1) is 15.8. The number of anilines is 1. The zero-order valence-electron chi connectivity index (χ0n) is 12.4. The van der Waals surface area contributed by atoms with Gasteiger partial charge >= 0.3 is 0 Å². The molecular formula is C16H25BrN2O. The SMILES string of the molecule is CC(C)CNCc1cc(Br)ccc1N1CCCC(O)C1. The molecule has 1 fully saturated rings. The lowest BCUT2D eigenvalue weighted by Gasteiger charge is -2.33. The van der Waals surface area contributed by atoms with Crippen LogP contribution in [0.1, 0.15) is 32.3 Å². The van der Waals surface area contributed by atoms with Crippen molar-refractivity contribution in [2.75, 3.05) is 24.5 Å². The number of aliphatic hydroxyl groups excluding tert-OH is 1. The second-order valence-corrected chi connectivity index (χ2v) is 6.96. The van der Waals surface area contributed by atoms with Crippen LogP contribution in [0.25, 0.3) is 0 Å². The van der Waals surface area contributed by atoms with Gasteiger partial charge in [-0.2, -0.15) is 0 Å². The molecule has 3 nitrogen and oxygen atoms in total. The summed E-state index contributed by atoms with van der Waals surface area (Å²) < 4.78 is 1.11. The Bertz CT molecular complexity index is 436. The molecule has 1 unspecified atom stereocenters. The summed E-state index contributed by atoms with van der Waals surface area (Å²) in [5.74, 6) is 0.655. The van der Waals surface area contributed by atoms with Crippen LogP contribution in [0.5, 0.6) is 0 Å². The maximum absolute atomic E-state index is 9.87. The number of rotatable bonds is 5. The van der Waals surface area contributed by atoms with Gasteiger partial charge in [-0.1, -0.05) is 29.8 Å². The molecular weight excluding hydrogens is 316 g/mol. The van der Waals surface area contributed by atoms with Crippen LogP contribution in [0, 0.1) is 5.92 Å². The molecule has 0 radical (unpaired) electrons. The Balaban J connectivity index is 2.10. The fourth-order valence-electron chi connectivity index (χ4n) is 2.67. The second-order valence-electron chi connectivity index (χ2n) is 6.04. The minimum atomic E-state index is -0.191. The molecule has 0 aliphatic carbocycles. The lowest BCUT2D eigenvalue weighted by atomic mass is 10.1. The summed E-state index contributed by atoms with van der Waals surface area (Å²) in [6, 6.07) is 6.43. The van der Waals surface area contributed by atoms with Crippen molar-refractivity contribution in [1.82, 2.24) is 5.32 Å². The lowest BCUT2D eigenvalue weighted by molar-refractivity contribution is 0.154. The molecule has 1 aliphatic rings. The average molecular weight is 341 g/mol. The summed E-state index contributed by atoms with van der Waals surface area (Å²) in [6.07, 6.45) is 1.80. The highest BCUT2D eigenvalue weighted by Crippen LogP contribution is 2.27. The van der Waals surface area contributed by atoms with Gasteiger partial charge in [0.2, 0.25) is 0 Å². The van der Waals surface area contributed by atoms with Gasteiger partial charge in [-0.05, 0) is 49.1 Å². The van der Waals surface area contributed by atoms with Gasteiger partial charge in [0.15, 0.2) is 0 Å². The van der Waals surface area contributed by atoms with Crippen LogP contribution < -0.4 is 10.2 Å². The van der Waals surface area contributed by atoms with E-state index in [9.17, 15) is 5.11 Å². The Morgan fingerprint density at radius 3 is 2.95 bits per heavy atom. The molecule has 0 spiro atoms. The topological polar surface area (TPSA) is 35.5 Å². The van der Waals surface area contributed by atoms with Crippen molar-refractivity contribution >= 4 is 21.6 Å². The molecule has 1 heterocycles. The van der Waals surface area contributed by atoms with Crippen molar-refractivity contribution in [3.63, 3.8) is 0 Å². The summed E-state index contributed by atoms with van der Waals surface area (Å²) >= 11 is 3.56. The molecule has 2 N–H and O–H groups in total. The van der Waals surface area contributed by atoms with Gasteiger partial charge in [-0.3, -0.25) is 0 Å². The molecule has 2 rings (SSSR count). The first-order valence-electron chi connectivity index (χ1n) is 7.48. The Labute approximate surface area is 130 Å². The normalized spacial score (nSPS) is 19.6. The molecule has 0 bridgehead atoms. The minimum absolute atomic E-state index is 0.191. The molecule has 0 amide bonds. The number of piperidine rings is 1. The number of benzene rings is 1. The Morgan fingerprint density at radius 1 is 1.45 bits per heavy atom. The molecule has 1 aromatic carbocycles. The molecule has 0 saturated carbocycles. The lowest BCUT2D eigenvalue weighted by Crippen LogP contribution is -2.39. The Hall–Kier alpha value is -0.580. The van der Waals surface area contributed by atoms with Crippen LogP contribution in [0.15, 0.2) is 22.7 Å². The van der Waals surface area contributed by atoms with Gasteiger partial charge in [0.05, 0.1) is 6.10 Å². The third-order valence-electron chi connectivity index (χ3n) is 3.65. The average Bonchev–Trinajstić information content (AvgIpc) is 2.38. The molecule has 1 aromatic rings. The van der Waals surface area contributed by atoms with Crippen LogP contribution in [0.2, 0.25) is 0 Å². The molecule has 0 aromatic heterocycles. The van der Waals surface area contributed by atoms with Gasteiger partial charge in [0, 0.05) is 29.8 Å². The minimum Gasteiger partial charge on any atom is -0.391 e. The van der Waals surface area contributed by atoms with Crippen molar-refractivity contribution < 1.29 is 5.11 Å². The van der Waals surface area contributed by atoms with E-state index in [1.807, 2.05) is 0 Å². The molecule has 20 heavy (non-hydrogen) atoms. The largest absolute Gasteiger partial charge is 0.391 e. The summed E-state index contributed by atoms with van der Waals surface area (Å²) in [4.78, 5) is 2.31. The fraction of sp³-hybridized carbons (Fsp3) is 0.625. The predicted molar refractivity (Wildman–Crippen MR) is 88.1 cm³/mol. The van der Waals surface area contributed by atoms with E-state index in [1.54, 1.807) is 0 Å². The van der Waals surface area contributed by atoms with Gasteiger partial charge in [0.25, 0.3) is 0 Å². The highest BCUT2D eigenvalue weighted by molar-refractivity contribution is 9.10. The highest BCUT2D eigenvalue weighted by Gasteiger charge is 2.20. The van der Waals surface area contributed by atoms with E-state index in [1.165, 1.54) is 11.3 Å². The number of hydrogen-bond donors (Lipinski definition) is 2. The van der Waals surface area contributed by atoms with E-state index in [0.717, 1.165) is 43.5 Å². The van der Waals surface area contributed by atoms with Crippen LogP contribution >= 0.6 is 15.9 Å². The van der Waals surface area contributed by atoms with E-state index < -0.39 is 0 Å². The van der Waals surface area contributed by atoms with Gasteiger partial charge < -0.3 is 15.3 Å². The molecule has 4 heteroatoms. The highest BCUT2D eigenvalue weighted by atomic mass is 79.9. The fourth-order valence-corrected chi connectivity index (χ4v) is 3.08. The third kappa shape index (κ3) is 4.47. The molecule has 112 valence electrons. The van der Waals surface area contributed by atoms with E-state index in [0.29, 0.717) is 5.92 Å². The summed E-state index contributed by atoms with van der Waals surface area (Å²) in [5, 5.41) is 13.4. The number of hydrogen-bond acceptors (Lipinski definition) is 3. The Morgan fingerprint density at radius 2 is 2.25 bits per heavy atom. The molecule has 1 aliphatic heterocycles. The maximum atomic E-state index is 9.87. The number of β-amino-alcohol motifs (C(OH)–C–C–N with tert-alkyl or cyclic N) is 1. The maximum Gasteiger partial charge on any atom is 0.0715 e. The van der Waals surface area contributed by atoms with Crippen molar-refractivity contribution in [1.29, 1.82) is 0 Å².